The van der Waals surface area contributed by atoms with Crippen LogP contribution in [0.25, 0.3) is 0 Å². The lowest BCUT2D eigenvalue weighted by Crippen LogP contribution is -3.16. The van der Waals surface area contributed by atoms with Gasteiger partial charge in [0.25, 0.3) is 0 Å². The maximum atomic E-state index is 6.22. The van der Waals surface area contributed by atoms with E-state index in [9.17, 15) is 0 Å². The Balaban J connectivity index is 2.05. The topological polar surface area (TPSA) is 28.9 Å². The third-order valence-corrected chi connectivity index (χ3v) is 5.61. The summed E-state index contributed by atoms with van der Waals surface area (Å²) >= 11 is 12.0. The van der Waals surface area contributed by atoms with Crippen molar-refractivity contribution in [1.82, 2.24) is 4.90 Å². The minimum atomic E-state index is 0.360. The van der Waals surface area contributed by atoms with E-state index in [1.807, 2.05) is 18.2 Å². The lowest BCUT2D eigenvalue weighted by Gasteiger charge is -2.41. The van der Waals surface area contributed by atoms with Crippen LogP contribution < -0.4 is 15.0 Å². The summed E-state index contributed by atoms with van der Waals surface area (Å²) in [5.74, 6) is 0.669. The SMILES string of the molecule is COc1ccc(NC(=S)N(C(C)C)C2CC[NH+](C(C)C)CC2)cc1Cl. The van der Waals surface area contributed by atoms with Gasteiger partial charge in [-0.2, -0.15) is 0 Å². The fourth-order valence-electron chi connectivity index (χ4n) is 3.58. The first-order valence-corrected chi connectivity index (χ1v) is 9.89. The standard InChI is InChI=1S/C19H30ClN3OS/c1-13(2)22-10-8-16(9-11-22)23(14(3)4)19(25)21-15-6-7-18(24-5)17(20)12-15/h6-7,12-14,16H,8-11H2,1-5H3,(H,21,25)/p+1. The summed E-state index contributed by atoms with van der Waals surface area (Å²) in [6.45, 7) is 11.4. The molecule has 1 aromatic carbocycles. The van der Waals surface area contributed by atoms with Gasteiger partial charge in [-0.15, -0.1) is 0 Å². The highest BCUT2D eigenvalue weighted by molar-refractivity contribution is 7.80. The summed E-state index contributed by atoms with van der Waals surface area (Å²) in [5.41, 5.74) is 0.895. The number of quaternary nitrogens is 1. The Bertz CT molecular complexity index is 586. The van der Waals surface area contributed by atoms with E-state index in [2.05, 4.69) is 37.9 Å². The number of hydrogen-bond acceptors (Lipinski definition) is 2. The van der Waals surface area contributed by atoms with Gasteiger partial charge in [0.05, 0.1) is 31.3 Å². The Morgan fingerprint density at radius 1 is 1.28 bits per heavy atom. The summed E-state index contributed by atoms with van der Waals surface area (Å²) in [5, 5.41) is 4.71. The number of halogens is 1. The van der Waals surface area contributed by atoms with E-state index >= 15 is 0 Å². The molecule has 1 heterocycles. The molecule has 0 atom stereocenters. The number of nitrogens with zero attached hydrogens (tertiary/aromatic N) is 1. The predicted molar refractivity (Wildman–Crippen MR) is 110 cm³/mol. The first-order valence-electron chi connectivity index (χ1n) is 9.11. The third-order valence-electron chi connectivity index (χ3n) is 5.00. The molecule has 0 aliphatic carbocycles. The van der Waals surface area contributed by atoms with Crippen molar-refractivity contribution in [3.8, 4) is 5.75 Å². The van der Waals surface area contributed by atoms with Crippen LogP contribution in [0, 0.1) is 0 Å². The zero-order valence-corrected chi connectivity index (χ0v) is 17.5. The van der Waals surface area contributed by atoms with Crippen molar-refractivity contribution in [1.29, 1.82) is 0 Å². The second kappa shape index (κ2) is 9.06. The number of hydrogen-bond donors (Lipinski definition) is 2. The van der Waals surface area contributed by atoms with Crippen molar-refractivity contribution >= 4 is 34.6 Å². The average Bonchev–Trinajstić information content (AvgIpc) is 2.55. The quantitative estimate of drug-likeness (QED) is 0.763. The molecular weight excluding hydrogens is 354 g/mol. The number of thiocarbonyl (C=S) groups is 1. The van der Waals surface area contributed by atoms with Crippen LogP contribution in [0.2, 0.25) is 5.02 Å². The monoisotopic (exact) mass is 384 g/mol. The molecule has 1 aromatic rings. The van der Waals surface area contributed by atoms with Crippen molar-refractivity contribution in [2.45, 2.75) is 58.7 Å². The number of rotatable bonds is 5. The molecule has 6 heteroatoms. The van der Waals surface area contributed by atoms with Crippen molar-refractivity contribution in [3.63, 3.8) is 0 Å². The molecule has 0 bridgehead atoms. The van der Waals surface area contributed by atoms with Crippen LogP contribution in [0.1, 0.15) is 40.5 Å². The van der Waals surface area contributed by atoms with Gasteiger partial charge in [-0.05, 0) is 58.1 Å². The van der Waals surface area contributed by atoms with Crippen molar-refractivity contribution in [2.75, 3.05) is 25.5 Å². The number of piperidine rings is 1. The number of methoxy groups -OCH3 is 1. The first-order chi connectivity index (χ1) is 11.8. The average molecular weight is 385 g/mol. The van der Waals surface area contributed by atoms with Gasteiger partial charge in [0.2, 0.25) is 0 Å². The molecule has 2 rings (SSSR count). The van der Waals surface area contributed by atoms with E-state index < -0.39 is 0 Å². The Labute approximate surface area is 162 Å². The minimum absolute atomic E-state index is 0.360. The number of likely N-dealkylation sites (tertiary alicyclic amines) is 1. The second-order valence-corrected chi connectivity index (χ2v) is 8.12. The van der Waals surface area contributed by atoms with Crippen LogP contribution >= 0.6 is 23.8 Å². The molecular formula is C19H31ClN3OS+. The smallest absolute Gasteiger partial charge is 0.173 e. The zero-order chi connectivity index (χ0) is 18.6. The van der Waals surface area contributed by atoms with Crippen LogP contribution in [0.3, 0.4) is 0 Å². The largest absolute Gasteiger partial charge is 0.495 e. The number of ether oxygens (including phenoxy) is 1. The number of anilines is 1. The predicted octanol–water partition coefficient (Wildman–Crippen LogP) is 3.21. The molecule has 25 heavy (non-hydrogen) atoms. The summed E-state index contributed by atoms with van der Waals surface area (Å²) in [6.07, 6.45) is 2.35. The molecule has 1 aliphatic rings. The number of benzene rings is 1. The molecule has 0 aromatic heterocycles. The molecule has 0 unspecified atom stereocenters. The Hall–Kier alpha value is -1.04. The van der Waals surface area contributed by atoms with Crippen molar-refractivity contribution in [3.05, 3.63) is 23.2 Å². The number of nitrogens with one attached hydrogen (secondary N) is 2. The summed E-state index contributed by atoms with van der Waals surface area (Å²) in [7, 11) is 1.62. The summed E-state index contributed by atoms with van der Waals surface area (Å²) in [6, 6.07) is 7.21. The van der Waals surface area contributed by atoms with Gasteiger partial charge < -0.3 is 19.9 Å². The zero-order valence-electron chi connectivity index (χ0n) is 15.9. The molecule has 2 N–H and O–H groups in total. The highest BCUT2D eigenvalue weighted by Gasteiger charge is 2.30. The fraction of sp³-hybridized carbons (Fsp3) is 0.632. The van der Waals surface area contributed by atoms with Crippen LogP contribution in [-0.2, 0) is 0 Å². The van der Waals surface area contributed by atoms with Crippen LogP contribution in [0.5, 0.6) is 5.75 Å². The van der Waals surface area contributed by atoms with Crippen LogP contribution in [0.15, 0.2) is 18.2 Å². The Kier molecular flexibility index (Phi) is 7.35. The van der Waals surface area contributed by atoms with Crippen LogP contribution in [0.4, 0.5) is 5.69 Å². The van der Waals surface area contributed by atoms with Crippen LogP contribution in [-0.4, -0.2) is 48.3 Å². The summed E-state index contributed by atoms with van der Waals surface area (Å²) in [4.78, 5) is 4.05. The van der Waals surface area contributed by atoms with Gasteiger partial charge in [0, 0.05) is 30.6 Å². The van der Waals surface area contributed by atoms with E-state index in [1.165, 1.54) is 25.9 Å². The van der Waals surface area contributed by atoms with E-state index in [4.69, 9.17) is 28.6 Å². The highest BCUT2D eigenvalue weighted by Crippen LogP contribution is 2.27. The molecule has 0 radical (unpaired) electrons. The van der Waals surface area contributed by atoms with Gasteiger partial charge in [-0.25, -0.2) is 0 Å². The Morgan fingerprint density at radius 2 is 1.92 bits per heavy atom. The maximum absolute atomic E-state index is 6.22. The van der Waals surface area contributed by atoms with E-state index in [-0.39, 0.29) is 0 Å². The van der Waals surface area contributed by atoms with E-state index in [0.29, 0.717) is 28.9 Å². The van der Waals surface area contributed by atoms with Gasteiger partial charge in [0.1, 0.15) is 5.75 Å². The lowest BCUT2D eigenvalue weighted by atomic mass is 10.0. The van der Waals surface area contributed by atoms with Gasteiger partial charge >= 0.3 is 0 Å². The maximum Gasteiger partial charge on any atom is 0.173 e. The molecule has 0 amide bonds. The molecule has 1 aliphatic heterocycles. The minimum Gasteiger partial charge on any atom is -0.495 e. The fourth-order valence-corrected chi connectivity index (χ4v) is 4.32. The molecule has 140 valence electrons. The van der Waals surface area contributed by atoms with E-state index in [1.54, 1.807) is 12.0 Å². The second-order valence-electron chi connectivity index (χ2n) is 7.32. The highest BCUT2D eigenvalue weighted by atomic mass is 35.5. The molecule has 4 nitrogen and oxygen atoms in total. The van der Waals surface area contributed by atoms with Crippen molar-refractivity contribution < 1.29 is 9.64 Å². The van der Waals surface area contributed by atoms with Gasteiger partial charge in [-0.3, -0.25) is 0 Å². The first kappa shape index (κ1) is 20.3. The Morgan fingerprint density at radius 3 is 2.40 bits per heavy atom. The van der Waals surface area contributed by atoms with E-state index in [0.717, 1.165) is 10.8 Å². The third kappa shape index (κ3) is 5.22. The summed E-state index contributed by atoms with van der Waals surface area (Å²) < 4.78 is 5.21. The molecule has 0 saturated carbocycles. The molecule has 1 fully saturated rings. The normalized spacial score (nSPS) is 20.6. The lowest BCUT2D eigenvalue weighted by molar-refractivity contribution is -0.926. The van der Waals surface area contributed by atoms with Gasteiger partial charge in [-0.1, -0.05) is 11.6 Å². The van der Waals surface area contributed by atoms with Gasteiger partial charge in [0.15, 0.2) is 5.11 Å². The van der Waals surface area contributed by atoms with Crippen molar-refractivity contribution in [2.24, 2.45) is 0 Å². The molecule has 1 saturated heterocycles. The molecule has 0 spiro atoms.